The Kier molecular flexibility index (Phi) is 6.55. The fourth-order valence-electron chi connectivity index (χ4n) is 2.68. The number of ether oxygens (including phenoxy) is 2. The minimum atomic E-state index is -0.124. The number of pyridine rings is 1. The zero-order valence-electron chi connectivity index (χ0n) is 15.2. The minimum Gasteiger partial charge on any atom is -0.494 e. The molecule has 140 valence electrons. The van der Waals surface area contributed by atoms with E-state index in [2.05, 4.69) is 0 Å². The van der Waals surface area contributed by atoms with Gasteiger partial charge in [-0.05, 0) is 43.2 Å². The number of hydrogen-bond donors (Lipinski definition) is 0. The first-order valence-corrected chi connectivity index (χ1v) is 9.40. The van der Waals surface area contributed by atoms with Gasteiger partial charge in [0.15, 0.2) is 5.75 Å². The highest BCUT2D eigenvalue weighted by Crippen LogP contribution is 2.19. The molecule has 0 bridgehead atoms. The van der Waals surface area contributed by atoms with Gasteiger partial charge in [0.25, 0.3) is 0 Å². The van der Waals surface area contributed by atoms with Crippen molar-refractivity contribution in [1.29, 1.82) is 0 Å². The number of halogens is 1. The Balaban J connectivity index is 1.78. The lowest BCUT2D eigenvalue weighted by Crippen LogP contribution is -2.13. The third-order valence-electron chi connectivity index (χ3n) is 4.11. The largest absolute Gasteiger partial charge is 0.494 e. The Morgan fingerprint density at radius 3 is 2.44 bits per heavy atom. The van der Waals surface area contributed by atoms with Crippen LogP contribution >= 0.6 is 11.6 Å². The molecule has 27 heavy (non-hydrogen) atoms. The molecular weight excluding hydrogens is 362 g/mol. The first-order chi connectivity index (χ1) is 13.2. The summed E-state index contributed by atoms with van der Waals surface area (Å²) in [4.78, 5) is 12.3. The van der Waals surface area contributed by atoms with Crippen molar-refractivity contribution in [2.24, 2.45) is 0 Å². The summed E-state index contributed by atoms with van der Waals surface area (Å²) in [5.41, 5.74) is 2.66. The van der Waals surface area contributed by atoms with Crippen LogP contribution in [0.1, 0.15) is 17.7 Å². The average molecular weight is 384 g/mol. The highest BCUT2D eigenvalue weighted by Gasteiger charge is 2.08. The van der Waals surface area contributed by atoms with Crippen LogP contribution in [0.3, 0.4) is 0 Å². The maximum Gasteiger partial charge on any atom is 0.223 e. The van der Waals surface area contributed by atoms with Crippen LogP contribution in [0, 0.1) is 6.92 Å². The monoisotopic (exact) mass is 383 g/mol. The minimum absolute atomic E-state index is 0.124. The van der Waals surface area contributed by atoms with Crippen LogP contribution < -0.4 is 14.9 Å². The van der Waals surface area contributed by atoms with Crippen LogP contribution in [0.2, 0.25) is 0 Å². The molecule has 0 aliphatic heterocycles. The van der Waals surface area contributed by atoms with Gasteiger partial charge in [0.1, 0.15) is 12.4 Å². The number of benzene rings is 2. The highest BCUT2D eigenvalue weighted by atomic mass is 35.5. The molecule has 4 nitrogen and oxygen atoms in total. The summed E-state index contributed by atoms with van der Waals surface area (Å²) in [5, 5.41) is 0. The molecular formula is C22H22ClNO3. The molecule has 0 radical (unpaired) electrons. The van der Waals surface area contributed by atoms with Crippen LogP contribution in [-0.2, 0) is 6.61 Å². The van der Waals surface area contributed by atoms with Gasteiger partial charge in [-0.3, -0.25) is 4.79 Å². The number of aromatic nitrogens is 1. The van der Waals surface area contributed by atoms with Crippen molar-refractivity contribution in [3.63, 3.8) is 0 Å². The fourth-order valence-corrected chi connectivity index (χ4v) is 2.79. The lowest BCUT2D eigenvalue weighted by molar-refractivity contribution is 0.301. The van der Waals surface area contributed by atoms with Gasteiger partial charge in [0.05, 0.1) is 12.8 Å². The maximum absolute atomic E-state index is 12.3. The zero-order valence-corrected chi connectivity index (χ0v) is 16.0. The van der Waals surface area contributed by atoms with E-state index >= 15 is 0 Å². The molecule has 3 rings (SSSR count). The van der Waals surface area contributed by atoms with Crippen molar-refractivity contribution >= 4 is 11.6 Å². The maximum atomic E-state index is 12.3. The summed E-state index contributed by atoms with van der Waals surface area (Å²) in [6.45, 7) is 2.84. The Bertz CT molecular complexity index is 921. The number of hydrogen-bond acceptors (Lipinski definition) is 3. The third-order valence-corrected chi connectivity index (χ3v) is 4.38. The quantitative estimate of drug-likeness (QED) is 0.417. The molecule has 0 N–H and O–H groups in total. The lowest BCUT2D eigenvalue weighted by Gasteiger charge is -2.14. The molecule has 0 spiro atoms. The molecule has 0 unspecified atom stereocenters. The van der Waals surface area contributed by atoms with E-state index < -0.39 is 0 Å². The van der Waals surface area contributed by atoms with E-state index in [1.165, 1.54) is 0 Å². The average Bonchev–Trinajstić information content (AvgIpc) is 2.69. The van der Waals surface area contributed by atoms with Gasteiger partial charge < -0.3 is 14.0 Å². The van der Waals surface area contributed by atoms with Crippen LogP contribution in [0.25, 0.3) is 5.69 Å². The van der Waals surface area contributed by atoms with E-state index in [4.69, 9.17) is 21.1 Å². The smallest absolute Gasteiger partial charge is 0.223 e. The molecule has 0 amide bonds. The van der Waals surface area contributed by atoms with Crippen LogP contribution in [-0.4, -0.2) is 17.1 Å². The summed E-state index contributed by atoms with van der Waals surface area (Å²) < 4.78 is 13.3. The lowest BCUT2D eigenvalue weighted by atomic mass is 10.2. The first kappa shape index (κ1) is 19.1. The van der Waals surface area contributed by atoms with Gasteiger partial charge in [0, 0.05) is 23.3 Å². The molecule has 0 atom stereocenters. The van der Waals surface area contributed by atoms with Crippen LogP contribution in [0.15, 0.2) is 71.7 Å². The van der Waals surface area contributed by atoms with Crippen molar-refractivity contribution in [2.75, 3.05) is 12.5 Å². The van der Waals surface area contributed by atoms with Gasteiger partial charge in [-0.1, -0.05) is 30.3 Å². The van der Waals surface area contributed by atoms with E-state index in [1.54, 1.807) is 12.3 Å². The normalized spacial score (nSPS) is 10.6. The van der Waals surface area contributed by atoms with Crippen molar-refractivity contribution < 1.29 is 9.47 Å². The second kappa shape index (κ2) is 9.28. The van der Waals surface area contributed by atoms with Gasteiger partial charge in [-0.15, -0.1) is 11.6 Å². The summed E-state index contributed by atoms with van der Waals surface area (Å²) in [6.07, 6.45) is 2.55. The molecule has 0 aliphatic rings. The molecule has 3 aromatic rings. The number of alkyl halides is 1. The van der Waals surface area contributed by atoms with Crippen LogP contribution in [0.5, 0.6) is 11.5 Å². The molecule has 2 aromatic carbocycles. The van der Waals surface area contributed by atoms with E-state index in [0.29, 0.717) is 24.8 Å². The van der Waals surface area contributed by atoms with Crippen molar-refractivity contribution in [1.82, 2.24) is 4.57 Å². The number of nitrogens with zero attached hydrogens (tertiary/aromatic N) is 1. The SMILES string of the molecule is Cc1cc(=O)c(OCc2ccccc2)cn1-c1ccc(OCCCCl)cc1. The van der Waals surface area contributed by atoms with E-state index in [1.807, 2.05) is 66.1 Å². The molecule has 0 saturated heterocycles. The standard InChI is InChI=1S/C22H22ClNO3/c1-17-14-21(25)22(27-16-18-6-3-2-4-7-18)15-24(17)19-8-10-20(11-9-19)26-13-5-12-23/h2-4,6-11,14-15H,5,12-13,16H2,1H3. The Morgan fingerprint density at radius 1 is 1.00 bits per heavy atom. The molecule has 0 saturated carbocycles. The van der Waals surface area contributed by atoms with E-state index in [9.17, 15) is 4.79 Å². The first-order valence-electron chi connectivity index (χ1n) is 8.86. The van der Waals surface area contributed by atoms with Gasteiger partial charge >= 0.3 is 0 Å². The van der Waals surface area contributed by atoms with Gasteiger partial charge in [-0.2, -0.15) is 0 Å². The second-order valence-electron chi connectivity index (χ2n) is 6.17. The molecule has 0 fully saturated rings. The Morgan fingerprint density at radius 2 is 1.74 bits per heavy atom. The fraction of sp³-hybridized carbons (Fsp3) is 0.227. The summed E-state index contributed by atoms with van der Waals surface area (Å²) in [5.74, 6) is 1.70. The van der Waals surface area contributed by atoms with Crippen molar-refractivity contribution in [3.8, 4) is 17.2 Å². The zero-order chi connectivity index (χ0) is 19.1. The highest BCUT2D eigenvalue weighted by molar-refractivity contribution is 6.17. The second-order valence-corrected chi connectivity index (χ2v) is 6.55. The number of rotatable bonds is 8. The van der Waals surface area contributed by atoms with E-state index in [0.717, 1.165) is 29.1 Å². The topological polar surface area (TPSA) is 40.5 Å². The third kappa shape index (κ3) is 5.14. The summed E-state index contributed by atoms with van der Waals surface area (Å²) in [6, 6.07) is 19.1. The Labute approximate surface area is 163 Å². The van der Waals surface area contributed by atoms with Crippen LogP contribution in [0.4, 0.5) is 0 Å². The summed E-state index contributed by atoms with van der Waals surface area (Å²) in [7, 11) is 0. The Hall–Kier alpha value is -2.72. The van der Waals surface area contributed by atoms with Gasteiger partial charge in [-0.25, -0.2) is 0 Å². The molecule has 0 aliphatic carbocycles. The predicted octanol–water partition coefficient (Wildman–Crippen LogP) is 4.73. The molecule has 5 heteroatoms. The summed E-state index contributed by atoms with van der Waals surface area (Å²) >= 11 is 5.66. The number of aryl methyl sites for hydroxylation is 1. The van der Waals surface area contributed by atoms with Crippen molar-refractivity contribution in [3.05, 3.63) is 88.3 Å². The van der Waals surface area contributed by atoms with E-state index in [-0.39, 0.29) is 5.43 Å². The molecule has 1 aromatic heterocycles. The molecule has 1 heterocycles. The van der Waals surface area contributed by atoms with Gasteiger partial charge in [0.2, 0.25) is 5.43 Å². The predicted molar refractivity (Wildman–Crippen MR) is 108 cm³/mol. The van der Waals surface area contributed by atoms with Crippen molar-refractivity contribution in [2.45, 2.75) is 20.0 Å².